The highest BCUT2D eigenvalue weighted by molar-refractivity contribution is 5.99. The molecule has 0 aliphatic carbocycles. The first-order chi connectivity index (χ1) is 19.2. The lowest BCUT2D eigenvalue weighted by molar-refractivity contribution is -0.155. The lowest BCUT2D eigenvalue weighted by Gasteiger charge is -2.39. The standard InChI is InChI=1S/C30H48N4O6/c1-6-10-32(11-7-2)26(36)23-24-27(37)34(13-9-18-35)25(30(24)21-22(4)29(23,5)40-30)28(38)33(12-8-3)15-14-31-16-19-39-20-17-31/h6,8,22-25,35H,1,3,7,9-21H2,2,4-5H3/t22?,23-,24+,25?,29+,30?/m1/s1. The molecule has 224 valence electrons. The number of rotatable bonds is 14. The van der Waals surface area contributed by atoms with Crippen molar-refractivity contribution in [3.63, 3.8) is 0 Å². The summed E-state index contributed by atoms with van der Waals surface area (Å²) in [7, 11) is 0. The first kappa shape index (κ1) is 30.7. The van der Waals surface area contributed by atoms with Crippen LogP contribution in [-0.2, 0) is 23.9 Å². The molecule has 10 nitrogen and oxygen atoms in total. The third-order valence-electron chi connectivity index (χ3n) is 9.48. The van der Waals surface area contributed by atoms with Gasteiger partial charge in [-0.3, -0.25) is 19.3 Å². The van der Waals surface area contributed by atoms with Crippen LogP contribution in [0.2, 0.25) is 0 Å². The lowest BCUT2D eigenvalue weighted by atomic mass is 9.62. The van der Waals surface area contributed by atoms with E-state index >= 15 is 0 Å². The van der Waals surface area contributed by atoms with Gasteiger partial charge in [0.1, 0.15) is 11.6 Å². The molecule has 4 aliphatic rings. The number of fused-ring (bicyclic) bond motifs is 1. The fraction of sp³-hybridized carbons (Fsp3) is 0.767. The Morgan fingerprint density at radius 2 is 1.75 bits per heavy atom. The van der Waals surface area contributed by atoms with Crippen LogP contribution in [0.15, 0.2) is 25.3 Å². The molecule has 0 aromatic heterocycles. The van der Waals surface area contributed by atoms with Gasteiger partial charge in [-0.05, 0) is 32.1 Å². The normalized spacial score (nSPS) is 33.2. The van der Waals surface area contributed by atoms with Crippen molar-refractivity contribution in [1.82, 2.24) is 19.6 Å². The summed E-state index contributed by atoms with van der Waals surface area (Å²) in [6.45, 7) is 19.3. The molecule has 4 rings (SSSR count). The Bertz CT molecular complexity index is 970. The predicted molar refractivity (Wildman–Crippen MR) is 151 cm³/mol. The Morgan fingerprint density at radius 1 is 1.10 bits per heavy atom. The molecule has 1 N–H and O–H groups in total. The van der Waals surface area contributed by atoms with Crippen molar-refractivity contribution in [3.05, 3.63) is 25.3 Å². The second-order valence-electron chi connectivity index (χ2n) is 11.9. The molecule has 6 atom stereocenters. The number of hydrogen-bond acceptors (Lipinski definition) is 7. The maximum atomic E-state index is 14.5. The number of likely N-dealkylation sites (tertiary alicyclic amines) is 1. The Balaban J connectivity index is 1.70. The average molecular weight is 561 g/mol. The number of amides is 3. The van der Waals surface area contributed by atoms with E-state index in [-0.39, 0.29) is 36.8 Å². The molecule has 40 heavy (non-hydrogen) atoms. The summed E-state index contributed by atoms with van der Waals surface area (Å²) in [6.07, 6.45) is 5.07. The number of ether oxygens (including phenoxy) is 2. The third kappa shape index (κ3) is 5.24. The van der Waals surface area contributed by atoms with Crippen LogP contribution >= 0.6 is 0 Å². The second-order valence-corrected chi connectivity index (χ2v) is 11.9. The number of nitrogens with zero attached hydrogens (tertiary/aromatic N) is 4. The molecule has 4 aliphatic heterocycles. The van der Waals surface area contributed by atoms with Gasteiger partial charge < -0.3 is 29.3 Å². The summed E-state index contributed by atoms with van der Waals surface area (Å²) in [4.78, 5) is 50.2. The van der Waals surface area contributed by atoms with E-state index in [2.05, 4.69) is 25.0 Å². The average Bonchev–Trinajstić information content (AvgIpc) is 3.45. The SMILES string of the molecule is C=CCN(CCN1CCOCC1)C(=O)C1N(CCCO)C(=O)[C@@H]2[C@H](C(=O)N(CC=C)CCC)[C@@]3(C)OC12CC3C. The van der Waals surface area contributed by atoms with Crippen LogP contribution in [0.1, 0.15) is 40.0 Å². The highest BCUT2D eigenvalue weighted by Crippen LogP contribution is 2.65. The molecule has 0 radical (unpaired) electrons. The van der Waals surface area contributed by atoms with Crippen molar-refractivity contribution in [3.8, 4) is 0 Å². The molecule has 3 unspecified atom stereocenters. The van der Waals surface area contributed by atoms with E-state index in [4.69, 9.17) is 9.47 Å². The minimum atomic E-state index is -1.09. The summed E-state index contributed by atoms with van der Waals surface area (Å²) >= 11 is 0. The minimum absolute atomic E-state index is 0.0213. The van der Waals surface area contributed by atoms with Crippen LogP contribution in [0.5, 0.6) is 0 Å². The summed E-state index contributed by atoms with van der Waals surface area (Å²) < 4.78 is 12.3. The van der Waals surface area contributed by atoms with E-state index in [0.29, 0.717) is 58.8 Å². The molecule has 4 fully saturated rings. The number of aliphatic hydroxyl groups is 1. The Morgan fingerprint density at radius 3 is 2.35 bits per heavy atom. The molecule has 2 bridgehead atoms. The predicted octanol–water partition coefficient (Wildman–Crippen LogP) is 1.15. The maximum Gasteiger partial charge on any atom is 0.248 e. The number of carbonyl (C=O) groups is 3. The molecule has 0 saturated carbocycles. The Hall–Kier alpha value is -2.27. The van der Waals surface area contributed by atoms with Crippen LogP contribution in [-0.4, -0.2) is 132 Å². The summed E-state index contributed by atoms with van der Waals surface area (Å²) in [6, 6.07) is -0.859. The number of morpholine rings is 1. The van der Waals surface area contributed by atoms with E-state index in [0.717, 1.165) is 19.5 Å². The van der Waals surface area contributed by atoms with Gasteiger partial charge >= 0.3 is 0 Å². The molecular formula is C30H48N4O6. The van der Waals surface area contributed by atoms with Crippen molar-refractivity contribution in [1.29, 1.82) is 0 Å². The van der Waals surface area contributed by atoms with E-state index < -0.39 is 29.1 Å². The van der Waals surface area contributed by atoms with Gasteiger partial charge in [-0.2, -0.15) is 0 Å². The summed E-state index contributed by atoms with van der Waals surface area (Å²) in [5.74, 6) is -1.97. The molecule has 4 heterocycles. The minimum Gasteiger partial charge on any atom is -0.396 e. The van der Waals surface area contributed by atoms with E-state index in [9.17, 15) is 19.5 Å². The number of hydrogen-bond donors (Lipinski definition) is 1. The summed E-state index contributed by atoms with van der Waals surface area (Å²) in [5, 5.41) is 9.64. The Kier molecular flexibility index (Phi) is 9.75. The van der Waals surface area contributed by atoms with Crippen molar-refractivity contribution >= 4 is 17.7 Å². The van der Waals surface area contributed by atoms with Gasteiger partial charge in [0.05, 0.1) is 30.7 Å². The highest BCUT2D eigenvalue weighted by Gasteiger charge is 2.80. The zero-order valence-electron chi connectivity index (χ0n) is 24.6. The number of aliphatic hydroxyl groups excluding tert-OH is 1. The van der Waals surface area contributed by atoms with Gasteiger partial charge in [0, 0.05) is 59.0 Å². The third-order valence-corrected chi connectivity index (χ3v) is 9.48. The maximum absolute atomic E-state index is 14.5. The quantitative estimate of drug-likeness (QED) is 0.318. The van der Waals surface area contributed by atoms with Gasteiger partial charge in [-0.1, -0.05) is 26.0 Å². The van der Waals surface area contributed by atoms with Crippen LogP contribution in [0.25, 0.3) is 0 Å². The monoisotopic (exact) mass is 560 g/mol. The van der Waals surface area contributed by atoms with Crippen LogP contribution in [0, 0.1) is 17.8 Å². The van der Waals surface area contributed by atoms with Gasteiger partial charge in [0.15, 0.2) is 0 Å². The highest BCUT2D eigenvalue weighted by atomic mass is 16.5. The lowest BCUT2D eigenvalue weighted by Crippen LogP contribution is -2.57. The smallest absolute Gasteiger partial charge is 0.248 e. The first-order valence-corrected chi connectivity index (χ1v) is 14.9. The van der Waals surface area contributed by atoms with Gasteiger partial charge in [0.25, 0.3) is 0 Å². The zero-order valence-corrected chi connectivity index (χ0v) is 24.6. The molecular weight excluding hydrogens is 512 g/mol. The number of carbonyl (C=O) groups excluding carboxylic acids is 3. The van der Waals surface area contributed by atoms with Crippen molar-refractivity contribution < 1.29 is 29.0 Å². The molecule has 10 heteroatoms. The fourth-order valence-corrected chi connectivity index (χ4v) is 7.50. The largest absolute Gasteiger partial charge is 0.396 e. The molecule has 3 amide bonds. The van der Waals surface area contributed by atoms with Gasteiger partial charge in [0.2, 0.25) is 17.7 Å². The van der Waals surface area contributed by atoms with Crippen LogP contribution in [0.4, 0.5) is 0 Å². The Labute approximate surface area is 238 Å². The van der Waals surface area contributed by atoms with Gasteiger partial charge in [-0.15, -0.1) is 13.2 Å². The van der Waals surface area contributed by atoms with Crippen molar-refractivity contribution in [2.75, 3.05) is 72.2 Å². The van der Waals surface area contributed by atoms with Crippen LogP contribution < -0.4 is 0 Å². The van der Waals surface area contributed by atoms with E-state index in [1.54, 1.807) is 26.9 Å². The van der Waals surface area contributed by atoms with Gasteiger partial charge in [-0.25, -0.2) is 0 Å². The van der Waals surface area contributed by atoms with E-state index in [1.165, 1.54) is 0 Å². The topological polar surface area (TPSA) is 103 Å². The molecule has 0 aromatic carbocycles. The van der Waals surface area contributed by atoms with E-state index in [1.807, 2.05) is 13.8 Å². The second kappa shape index (κ2) is 12.7. The first-order valence-electron chi connectivity index (χ1n) is 14.9. The van der Waals surface area contributed by atoms with Crippen molar-refractivity contribution in [2.45, 2.75) is 57.3 Å². The van der Waals surface area contributed by atoms with Crippen molar-refractivity contribution in [2.24, 2.45) is 17.8 Å². The molecule has 1 spiro atoms. The fourth-order valence-electron chi connectivity index (χ4n) is 7.50. The molecule has 4 saturated heterocycles. The zero-order chi connectivity index (χ0) is 29.1. The summed E-state index contributed by atoms with van der Waals surface area (Å²) in [5.41, 5.74) is -1.95. The molecule has 0 aromatic rings. The van der Waals surface area contributed by atoms with Crippen LogP contribution in [0.3, 0.4) is 0 Å².